The van der Waals surface area contributed by atoms with E-state index < -0.39 is 0 Å². The molecule has 0 N–H and O–H groups in total. The molecule has 0 heteroatoms. The summed E-state index contributed by atoms with van der Waals surface area (Å²) >= 11 is 0. The lowest BCUT2D eigenvalue weighted by atomic mass is 10.0. The zero-order valence-corrected chi connectivity index (χ0v) is 15.5. The van der Waals surface area contributed by atoms with Gasteiger partial charge >= 0.3 is 0 Å². The van der Waals surface area contributed by atoms with Gasteiger partial charge < -0.3 is 0 Å². The molecule has 0 heterocycles. The Morgan fingerprint density at radius 2 is 1.30 bits per heavy atom. The van der Waals surface area contributed by atoms with Gasteiger partial charge in [-0.25, -0.2) is 0 Å². The van der Waals surface area contributed by atoms with E-state index in [0.29, 0.717) is 0 Å². The van der Waals surface area contributed by atoms with Crippen molar-refractivity contribution < 1.29 is 0 Å². The van der Waals surface area contributed by atoms with E-state index in [1.54, 1.807) is 12.2 Å². The standard InChI is InChI=1S/C13H12.C5H8.C3H6.C2H6/c1-11-6-5-9-13(10-11)12-7-3-2-4-8-12;1-4-5(2)3;1-3-2;1-2/h2-10H,1H3;4H,1-2H2,3H3;3H,1H2,2H3;1-2H3. The molecule has 0 aromatic heterocycles. The van der Waals surface area contributed by atoms with Crippen LogP contribution in [0.3, 0.4) is 0 Å². The van der Waals surface area contributed by atoms with Crippen LogP contribution in [0.1, 0.15) is 33.3 Å². The van der Waals surface area contributed by atoms with Gasteiger partial charge in [0.1, 0.15) is 0 Å². The Morgan fingerprint density at radius 1 is 0.870 bits per heavy atom. The van der Waals surface area contributed by atoms with E-state index in [9.17, 15) is 0 Å². The van der Waals surface area contributed by atoms with Gasteiger partial charge in [0.2, 0.25) is 0 Å². The SMILES string of the molecule is C=CC.C=CC(=C)C.CC.Cc1cccc(-c2ccccc2)c1. The first-order chi connectivity index (χ1) is 11.0. The number of benzene rings is 2. The Labute approximate surface area is 143 Å². The van der Waals surface area contributed by atoms with Gasteiger partial charge in [-0.05, 0) is 31.9 Å². The zero-order valence-electron chi connectivity index (χ0n) is 15.5. The fourth-order valence-electron chi connectivity index (χ4n) is 1.46. The Kier molecular flexibility index (Phi) is 16.0. The topological polar surface area (TPSA) is 0 Å². The summed E-state index contributed by atoms with van der Waals surface area (Å²) in [5.41, 5.74) is 4.90. The van der Waals surface area contributed by atoms with Gasteiger partial charge in [0, 0.05) is 0 Å². The first kappa shape index (κ1) is 22.9. The average Bonchev–Trinajstić information content (AvgIpc) is 2.59. The van der Waals surface area contributed by atoms with Crippen molar-refractivity contribution in [3.63, 3.8) is 0 Å². The third-order valence-electron chi connectivity index (χ3n) is 2.47. The van der Waals surface area contributed by atoms with Crippen LogP contribution in [0.15, 0.2) is 92.1 Å². The van der Waals surface area contributed by atoms with Crippen molar-refractivity contribution in [3.05, 3.63) is 97.6 Å². The van der Waals surface area contributed by atoms with E-state index in [1.807, 2.05) is 33.8 Å². The van der Waals surface area contributed by atoms with E-state index >= 15 is 0 Å². The molecule has 0 fully saturated rings. The fourth-order valence-corrected chi connectivity index (χ4v) is 1.46. The summed E-state index contributed by atoms with van der Waals surface area (Å²) in [7, 11) is 0. The van der Waals surface area contributed by atoms with Crippen LogP contribution < -0.4 is 0 Å². The smallest absolute Gasteiger partial charge is 0.0181 e. The van der Waals surface area contributed by atoms with Crippen LogP contribution >= 0.6 is 0 Å². The molecule has 0 radical (unpaired) electrons. The third-order valence-corrected chi connectivity index (χ3v) is 2.47. The van der Waals surface area contributed by atoms with Crippen LogP contribution in [0, 0.1) is 6.92 Å². The molecule has 0 atom stereocenters. The predicted molar refractivity (Wildman–Crippen MR) is 109 cm³/mol. The molecule has 0 spiro atoms. The van der Waals surface area contributed by atoms with E-state index in [-0.39, 0.29) is 0 Å². The Hall–Kier alpha value is -2.34. The van der Waals surface area contributed by atoms with Gasteiger partial charge in [-0.2, -0.15) is 0 Å². The molecule has 0 saturated heterocycles. The zero-order chi connectivity index (χ0) is 18.1. The maximum atomic E-state index is 3.56. The molecule has 0 saturated carbocycles. The number of allylic oxidation sites excluding steroid dienone is 3. The highest BCUT2D eigenvalue weighted by atomic mass is 14.0. The Bertz CT molecular complexity index is 547. The summed E-state index contributed by atoms with van der Waals surface area (Å²) in [5, 5.41) is 0. The predicted octanol–water partition coefficient (Wildman–Crippen LogP) is 7.63. The van der Waals surface area contributed by atoms with Crippen molar-refractivity contribution in [1.82, 2.24) is 0 Å². The minimum absolute atomic E-state index is 1.02. The van der Waals surface area contributed by atoms with E-state index in [2.05, 4.69) is 75.2 Å². The van der Waals surface area contributed by atoms with Gasteiger partial charge in [-0.15, -0.1) is 6.58 Å². The molecule has 0 aliphatic heterocycles. The van der Waals surface area contributed by atoms with Gasteiger partial charge in [0.05, 0.1) is 0 Å². The molecular weight excluding hydrogens is 276 g/mol. The molecule has 124 valence electrons. The van der Waals surface area contributed by atoms with Crippen LogP contribution in [0.2, 0.25) is 0 Å². The Balaban J connectivity index is 0. The first-order valence-electron chi connectivity index (χ1n) is 8.02. The molecule has 23 heavy (non-hydrogen) atoms. The number of rotatable bonds is 2. The molecule has 0 nitrogen and oxygen atoms in total. The second-order valence-corrected chi connectivity index (χ2v) is 4.69. The molecule has 0 aliphatic carbocycles. The van der Waals surface area contributed by atoms with Crippen molar-refractivity contribution in [3.8, 4) is 11.1 Å². The molecule has 2 aromatic rings. The van der Waals surface area contributed by atoms with E-state index in [1.165, 1.54) is 16.7 Å². The Morgan fingerprint density at radius 3 is 1.70 bits per heavy atom. The molecule has 0 unspecified atom stereocenters. The van der Waals surface area contributed by atoms with Crippen LogP contribution in [0.5, 0.6) is 0 Å². The second-order valence-electron chi connectivity index (χ2n) is 4.69. The summed E-state index contributed by atoms with van der Waals surface area (Å²) in [6.45, 7) is 20.3. The van der Waals surface area contributed by atoms with Crippen LogP contribution in [-0.2, 0) is 0 Å². The lowest BCUT2D eigenvalue weighted by Crippen LogP contribution is -1.77. The summed E-state index contributed by atoms with van der Waals surface area (Å²) in [4.78, 5) is 0. The van der Waals surface area contributed by atoms with Crippen molar-refractivity contribution in [2.75, 3.05) is 0 Å². The normalized spacial score (nSPS) is 7.87. The van der Waals surface area contributed by atoms with Gasteiger partial charge in [0.25, 0.3) is 0 Å². The summed E-state index contributed by atoms with van der Waals surface area (Å²) in [6.07, 6.45) is 3.47. The lowest BCUT2D eigenvalue weighted by Gasteiger charge is -2.01. The molecule has 0 amide bonds. The summed E-state index contributed by atoms with van der Waals surface area (Å²) in [6, 6.07) is 19.0. The second kappa shape index (κ2) is 16.0. The minimum atomic E-state index is 1.02. The monoisotopic (exact) mass is 308 g/mol. The minimum Gasteiger partial charge on any atom is -0.103 e. The number of aryl methyl sites for hydroxylation is 1. The largest absolute Gasteiger partial charge is 0.103 e. The van der Waals surface area contributed by atoms with E-state index in [4.69, 9.17) is 0 Å². The van der Waals surface area contributed by atoms with Gasteiger partial charge in [-0.1, -0.05) is 105 Å². The highest BCUT2D eigenvalue weighted by Gasteiger charge is 1.94. The van der Waals surface area contributed by atoms with E-state index in [0.717, 1.165) is 5.57 Å². The molecule has 2 aromatic carbocycles. The van der Waals surface area contributed by atoms with Crippen molar-refractivity contribution in [1.29, 1.82) is 0 Å². The van der Waals surface area contributed by atoms with Crippen molar-refractivity contribution in [2.24, 2.45) is 0 Å². The van der Waals surface area contributed by atoms with Crippen molar-refractivity contribution >= 4 is 0 Å². The quantitative estimate of drug-likeness (QED) is 0.395. The fraction of sp³-hybridized carbons (Fsp3) is 0.217. The third kappa shape index (κ3) is 13.1. The lowest BCUT2D eigenvalue weighted by molar-refractivity contribution is 1.47. The first-order valence-corrected chi connectivity index (χ1v) is 8.02. The molecule has 0 bridgehead atoms. The van der Waals surface area contributed by atoms with Gasteiger partial charge in [-0.3, -0.25) is 0 Å². The number of hydrogen-bond acceptors (Lipinski definition) is 0. The van der Waals surface area contributed by atoms with Crippen LogP contribution in [0.25, 0.3) is 11.1 Å². The van der Waals surface area contributed by atoms with Crippen LogP contribution in [0.4, 0.5) is 0 Å². The molecule has 0 aliphatic rings. The average molecular weight is 309 g/mol. The maximum absolute atomic E-state index is 3.56. The highest BCUT2D eigenvalue weighted by molar-refractivity contribution is 5.63. The number of hydrogen-bond donors (Lipinski definition) is 0. The van der Waals surface area contributed by atoms with Crippen molar-refractivity contribution in [2.45, 2.75) is 34.6 Å². The van der Waals surface area contributed by atoms with Crippen LogP contribution in [-0.4, -0.2) is 0 Å². The highest BCUT2D eigenvalue weighted by Crippen LogP contribution is 2.19. The van der Waals surface area contributed by atoms with Gasteiger partial charge in [0.15, 0.2) is 0 Å². The maximum Gasteiger partial charge on any atom is -0.0181 e. The molecule has 2 rings (SSSR count). The summed E-state index contributed by atoms with van der Waals surface area (Å²) in [5.74, 6) is 0. The summed E-state index contributed by atoms with van der Waals surface area (Å²) < 4.78 is 0. The molecular formula is C23H32.